The Bertz CT molecular complexity index is 1250. The van der Waals surface area contributed by atoms with E-state index in [2.05, 4.69) is 26.3 Å². The molecule has 3 aliphatic rings. The van der Waals surface area contributed by atoms with E-state index in [0.717, 1.165) is 86.7 Å². The summed E-state index contributed by atoms with van der Waals surface area (Å²) in [6.45, 7) is 10.3. The number of anilines is 3. The van der Waals surface area contributed by atoms with Gasteiger partial charge in [0.15, 0.2) is 0 Å². The van der Waals surface area contributed by atoms with Gasteiger partial charge in [0.25, 0.3) is 0 Å². The van der Waals surface area contributed by atoms with Crippen LogP contribution >= 0.6 is 0 Å². The zero-order valence-electron chi connectivity index (χ0n) is 23.5. The number of morpholine rings is 1. The number of amides is 1. The van der Waals surface area contributed by atoms with Gasteiger partial charge in [0.2, 0.25) is 5.95 Å². The number of nitrogens with one attached hydrogen (secondary N) is 1. The average Bonchev–Trinajstić information content (AvgIpc) is 2.96. The van der Waals surface area contributed by atoms with Gasteiger partial charge >= 0.3 is 6.09 Å². The molecule has 0 spiro atoms. The lowest BCUT2D eigenvalue weighted by Gasteiger charge is -2.26. The second-order valence-electron chi connectivity index (χ2n) is 10.3. The third kappa shape index (κ3) is 7.38. The number of allylic oxidation sites excluding steroid dienone is 3. The summed E-state index contributed by atoms with van der Waals surface area (Å²) >= 11 is 0. The van der Waals surface area contributed by atoms with Crippen LogP contribution in [0.15, 0.2) is 53.4 Å². The van der Waals surface area contributed by atoms with Gasteiger partial charge in [-0.25, -0.2) is 9.78 Å². The van der Waals surface area contributed by atoms with E-state index in [-0.39, 0.29) is 1.43 Å². The minimum absolute atomic E-state index is 0. The van der Waals surface area contributed by atoms with Crippen LogP contribution in [0.1, 0.15) is 46.5 Å². The molecule has 1 aliphatic carbocycles. The molecule has 1 amide bonds. The van der Waals surface area contributed by atoms with Crippen LogP contribution in [0, 0.1) is 0 Å². The number of hydrogen-bond donors (Lipinski definition) is 1. The van der Waals surface area contributed by atoms with Gasteiger partial charge in [-0.1, -0.05) is 6.08 Å². The second-order valence-corrected chi connectivity index (χ2v) is 10.3. The van der Waals surface area contributed by atoms with Crippen molar-refractivity contribution in [3.8, 4) is 5.75 Å². The van der Waals surface area contributed by atoms with Crippen LogP contribution < -0.4 is 15.0 Å². The van der Waals surface area contributed by atoms with Crippen LogP contribution in [0.4, 0.5) is 22.2 Å². The van der Waals surface area contributed by atoms with Gasteiger partial charge in [0.1, 0.15) is 23.9 Å². The summed E-state index contributed by atoms with van der Waals surface area (Å²) in [5.74, 6) is 2.35. The van der Waals surface area contributed by atoms with Gasteiger partial charge in [-0.05, 0) is 74.9 Å². The molecule has 10 heteroatoms. The van der Waals surface area contributed by atoms with E-state index in [1.165, 1.54) is 0 Å². The van der Waals surface area contributed by atoms with Crippen LogP contribution in [0.25, 0.3) is 0 Å². The third-order valence-electron chi connectivity index (χ3n) is 7.31. The summed E-state index contributed by atoms with van der Waals surface area (Å²) < 4.78 is 23.5. The van der Waals surface area contributed by atoms with Gasteiger partial charge in [0.05, 0.1) is 19.8 Å². The van der Waals surface area contributed by atoms with Crippen molar-refractivity contribution in [2.75, 3.05) is 62.8 Å². The van der Waals surface area contributed by atoms with E-state index in [9.17, 15) is 4.79 Å². The number of fused-ring (bicyclic) bond motifs is 4. The zero-order valence-corrected chi connectivity index (χ0v) is 23.5. The Balaban J connectivity index is 0.00000387. The predicted molar refractivity (Wildman–Crippen MR) is 155 cm³/mol. The highest BCUT2D eigenvalue weighted by Gasteiger charge is 2.23. The standard InChI is InChI=1S/C30H39N5O5.H2/c1-22-6-5-7-23(2)28(22)40-30(36)35-12-3-4-16-38-21-24-20-25(32-29-31-11-10-27(35)33-29)8-9-26(24)39-19-15-34-13-17-37-18-14-34;/h6,8-11,20H,3-5,7,12-19,21H2,1-2H3,(H,31,32,33);1H. The van der Waals surface area contributed by atoms with Crippen molar-refractivity contribution in [2.45, 2.75) is 46.1 Å². The van der Waals surface area contributed by atoms with E-state index in [1.54, 1.807) is 17.2 Å². The summed E-state index contributed by atoms with van der Waals surface area (Å²) in [5.41, 5.74) is 3.84. The van der Waals surface area contributed by atoms with Gasteiger partial charge < -0.3 is 24.3 Å². The zero-order chi connectivity index (χ0) is 27.7. The molecule has 40 heavy (non-hydrogen) atoms. The van der Waals surface area contributed by atoms with Gasteiger partial charge in [0, 0.05) is 51.7 Å². The Labute approximate surface area is 237 Å². The molecule has 2 aromatic rings. The highest BCUT2D eigenvalue weighted by Crippen LogP contribution is 2.29. The van der Waals surface area contributed by atoms with E-state index >= 15 is 0 Å². The van der Waals surface area contributed by atoms with Crippen LogP contribution in [0.3, 0.4) is 0 Å². The molecular weight excluding hydrogens is 510 g/mol. The third-order valence-corrected chi connectivity index (χ3v) is 7.31. The van der Waals surface area contributed by atoms with Crippen molar-refractivity contribution < 1.29 is 25.2 Å². The maximum Gasteiger partial charge on any atom is 0.420 e. The molecule has 1 aromatic carbocycles. The Kier molecular flexibility index (Phi) is 9.64. The van der Waals surface area contributed by atoms with Crippen molar-refractivity contribution in [1.29, 1.82) is 0 Å². The number of hydrogen-bond acceptors (Lipinski definition) is 9. The predicted octanol–water partition coefficient (Wildman–Crippen LogP) is 5.44. The molecule has 216 valence electrons. The topological polar surface area (TPSA) is 98.3 Å². The van der Waals surface area contributed by atoms with Gasteiger partial charge in [-0.3, -0.25) is 9.80 Å². The monoisotopic (exact) mass is 551 g/mol. The normalized spacial score (nSPS) is 18.9. The summed E-state index contributed by atoms with van der Waals surface area (Å²) in [4.78, 5) is 26.4. The van der Waals surface area contributed by atoms with E-state index in [0.29, 0.717) is 43.9 Å². The molecule has 2 aliphatic heterocycles. The molecule has 1 saturated heterocycles. The first-order chi connectivity index (χ1) is 19.6. The van der Waals surface area contributed by atoms with Crippen LogP contribution in [-0.2, 0) is 20.8 Å². The minimum atomic E-state index is -0.442. The fourth-order valence-electron chi connectivity index (χ4n) is 5.02. The quantitative estimate of drug-likeness (QED) is 0.520. The fourth-order valence-corrected chi connectivity index (χ4v) is 5.02. The summed E-state index contributed by atoms with van der Waals surface area (Å²) in [5, 5.41) is 3.27. The molecule has 0 atom stereocenters. The smallest absolute Gasteiger partial charge is 0.420 e. The lowest BCUT2D eigenvalue weighted by Crippen LogP contribution is -2.38. The number of ether oxygens (including phenoxy) is 4. The lowest BCUT2D eigenvalue weighted by molar-refractivity contribution is 0.0320. The Hall–Kier alpha value is -3.47. The Morgan fingerprint density at radius 2 is 1.98 bits per heavy atom. The molecule has 1 N–H and O–H groups in total. The van der Waals surface area contributed by atoms with Crippen molar-refractivity contribution in [3.05, 3.63) is 59.0 Å². The maximum absolute atomic E-state index is 13.4. The van der Waals surface area contributed by atoms with Crippen LogP contribution in [0.2, 0.25) is 0 Å². The largest absolute Gasteiger partial charge is 0.492 e. The molecular formula is C30H41N5O5. The van der Waals surface area contributed by atoms with Crippen molar-refractivity contribution in [1.82, 2.24) is 14.9 Å². The molecule has 5 rings (SSSR count). The number of rotatable bonds is 5. The number of carbonyl (C=O) groups is 1. The number of aromatic nitrogens is 2. The molecule has 1 fully saturated rings. The highest BCUT2D eigenvalue weighted by atomic mass is 16.6. The highest BCUT2D eigenvalue weighted by molar-refractivity contribution is 5.87. The first-order valence-corrected chi connectivity index (χ1v) is 14.2. The fraction of sp³-hybridized carbons (Fsp3) is 0.500. The van der Waals surface area contributed by atoms with E-state index in [4.69, 9.17) is 18.9 Å². The number of benzene rings is 1. The van der Waals surface area contributed by atoms with Gasteiger partial charge in [-0.15, -0.1) is 0 Å². The first kappa shape index (κ1) is 28.1. The molecule has 0 unspecified atom stereocenters. The molecule has 10 nitrogen and oxygen atoms in total. The van der Waals surface area contributed by atoms with Crippen molar-refractivity contribution in [3.63, 3.8) is 0 Å². The maximum atomic E-state index is 13.4. The van der Waals surface area contributed by atoms with Gasteiger partial charge in [-0.2, -0.15) is 4.98 Å². The van der Waals surface area contributed by atoms with Crippen LogP contribution in [-0.4, -0.2) is 73.6 Å². The Morgan fingerprint density at radius 1 is 1.10 bits per heavy atom. The van der Waals surface area contributed by atoms with E-state index < -0.39 is 6.09 Å². The molecule has 3 heterocycles. The summed E-state index contributed by atoms with van der Waals surface area (Å²) in [6, 6.07) is 7.63. The SMILES string of the molecule is CC1=CCCC(C)=C1OC(=O)N1CCCCOCc2cc(ccc2OCCN2CCOCC2)Nc2nccc1n2.[HH]. The van der Waals surface area contributed by atoms with E-state index in [1.807, 2.05) is 32.0 Å². The molecule has 1 aromatic heterocycles. The van der Waals surface area contributed by atoms with Crippen molar-refractivity contribution in [2.24, 2.45) is 0 Å². The summed E-state index contributed by atoms with van der Waals surface area (Å²) in [6.07, 6.45) is 6.69. The average molecular weight is 552 g/mol. The molecule has 0 saturated carbocycles. The number of nitrogens with zero attached hydrogens (tertiary/aromatic N) is 4. The summed E-state index contributed by atoms with van der Waals surface area (Å²) in [7, 11) is 0. The molecule has 0 radical (unpaired) electrons. The van der Waals surface area contributed by atoms with Crippen molar-refractivity contribution >= 4 is 23.5 Å². The first-order valence-electron chi connectivity index (χ1n) is 14.2. The minimum Gasteiger partial charge on any atom is -0.492 e. The van der Waals surface area contributed by atoms with Crippen LogP contribution in [0.5, 0.6) is 5.75 Å². The number of carbonyl (C=O) groups excluding carboxylic acids is 1. The Morgan fingerprint density at radius 3 is 2.83 bits per heavy atom. The second kappa shape index (κ2) is 13.7. The molecule has 4 bridgehead atoms. The lowest BCUT2D eigenvalue weighted by atomic mass is 10.00.